The average molecular weight is 308 g/mol. The highest BCUT2D eigenvalue weighted by Crippen LogP contribution is 2.34. The van der Waals surface area contributed by atoms with E-state index in [-0.39, 0.29) is 5.02 Å². The maximum absolute atomic E-state index is 12.9. The minimum atomic E-state index is -4.35. The van der Waals surface area contributed by atoms with Crippen molar-refractivity contribution in [1.29, 1.82) is 0 Å². The number of benzene rings is 1. The zero-order chi connectivity index (χ0) is 14.6. The molecule has 1 aliphatic heterocycles. The highest BCUT2D eigenvalue weighted by Gasteiger charge is 2.33. The molecule has 1 aromatic rings. The summed E-state index contributed by atoms with van der Waals surface area (Å²) in [4.78, 5) is 2.21. The molecule has 0 bridgehead atoms. The van der Waals surface area contributed by atoms with Crippen LogP contribution >= 0.6 is 11.6 Å². The number of ether oxygens (including phenoxy) is 1. The fourth-order valence-corrected chi connectivity index (χ4v) is 2.52. The van der Waals surface area contributed by atoms with E-state index in [9.17, 15) is 13.2 Å². The molecule has 0 saturated carbocycles. The Labute approximate surface area is 121 Å². The Hall–Kier alpha value is -0.780. The summed E-state index contributed by atoms with van der Waals surface area (Å²) in [6.45, 7) is 3.91. The Kier molecular flexibility index (Phi) is 5.29. The van der Waals surface area contributed by atoms with Crippen LogP contribution in [-0.4, -0.2) is 37.7 Å². The fourth-order valence-electron chi connectivity index (χ4n) is 2.35. The predicted octanol–water partition coefficient (Wildman–Crippen LogP) is 3.62. The highest BCUT2D eigenvalue weighted by molar-refractivity contribution is 6.30. The number of hydrogen-bond donors (Lipinski definition) is 0. The molecule has 0 unspecified atom stereocenters. The van der Waals surface area contributed by atoms with Gasteiger partial charge in [0.1, 0.15) is 0 Å². The van der Waals surface area contributed by atoms with Crippen LogP contribution in [0, 0.1) is 0 Å². The molecule has 1 aromatic carbocycles. The van der Waals surface area contributed by atoms with Gasteiger partial charge in [-0.3, -0.25) is 4.90 Å². The molecule has 1 fully saturated rings. The van der Waals surface area contributed by atoms with Crippen LogP contribution in [0.25, 0.3) is 0 Å². The maximum Gasteiger partial charge on any atom is 0.416 e. The lowest BCUT2D eigenvalue weighted by Gasteiger charge is -2.26. The summed E-state index contributed by atoms with van der Waals surface area (Å²) in [6.07, 6.45) is -3.24. The largest absolute Gasteiger partial charge is 0.416 e. The van der Waals surface area contributed by atoms with Crippen LogP contribution in [0.2, 0.25) is 5.02 Å². The van der Waals surface area contributed by atoms with Crippen LogP contribution in [0.3, 0.4) is 0 Å². The molecular weight excluding hydrogens is 291 g/mol. The van der Waals surface area contributed by atoms with Gasteiger partial charge in [0.2, 0.25) is 0 Å². The molecule has 0 amide bonds. The van der Waals surface area contributed by atoms with Crippen molar-refractivity contribution < 1.29 is 17.9 Å². The van der Waals surface area contributed by atoms with Crippen LogP contribution in [-0.2, 0) is 17.3 Å². The van der Waals surface area contributed by atoms with Gasteiger partial charge in [-0.2, -0.15) is 13.2 Å². The Bertz CT molecular complexity index is 445. The molecule has 1 heterocycles. The molecule has 0 radical (unpaired) electrons. The quantitative estimate of drug-likeness (QED) is 0.842. The summed E-state index contributed by atoms with van der Waals surface area (Å²) in [6, 6.07) is 4.00. The van der Waals surface area contributed by atoms with Crippen molar-refractivity contribution >= 4 is 11.6 Å². The standard InChI is InChI=1S/C14H17ClF3NO/c15-12-4-3-11(13(10-12)14(16,17)18)2-1-5-19-6-8-20-9-7-19/h3-4,10H,1-2,5-9H2. The molecular formula is C14H17ClF3NO. The number of rotatable bonds is 4. The first-order chi connectivity index (χ1) is 9.47. The monoisotopic (exact) mass is 307 g/mol. The molecule has 1 saturated heterocycles. The van der Waals surface area contributed by atoms with Crippen molar-refractivity contribution in [3.63, 3.8) is 0 Å². The minimum Gasteiger partial charge on any atom is -0.379 e. The summed E-state index contributed by atoms with van der Waals surface area (Å²) in [7, 11) is 0. The van der Waals surface area contributed by atoms with E-state index in [1.54, 1.807) is 0 Å². The molecule has 1 aliphatic rings. The third kappa shape index (κ3) is 4.36. The summed E-state index contributed by atoms with van der Waals surface area (Å²) in [5, 5.41) is 0.120. The van der Waals surface area contributed by atoms with Gasteiger partial charge in [-0.1, -0.05) is 17.7 Å². The van der Waals surface area contributed by atoms with Crippen molar-refractivity contribution in [1.82, 2.24) is 4.90 Å². The number of nitrogens with zero attached hydrogens (tertiary/aromatic N) is 1. The molecule has 0 spiro atoms. The zero-order valence-electron chi connectivity index (χ0n) is 11.0. The van der Waals surface area contributed by atoms with Crippen LogP contribution < -0.4 is 0 Å². The summed E-state index contributed by atoms with van der Waals surface area (Å²) in [5.74, 6) is 0. The molecule has 0 aliphatic carbocycles. The van der Waals surface area contributed by atoms with E-state index in [0.717, 1.165) is 25.7 Å². The molecule has 2 nitrogen and oxygen atoms in total. The van der Waals surface area contributed by atoms with Crippen LogP contribution in [0.4, 0.5) is 13.2 Å². The highest BCUT2D eigenvalue weighted by atomic mass is 35.5. The number of aryl methyl sites for hydroxylation is 1. The average Bonchev–Trinajstić information content (AvgIpc) is 2.40. The van der Waals surface area contributed by atoms with E-state index in [0.29, 0.717) is 31.6 Å². The van der Waals surface area contributed by atoms with Crippen molar-refractivity contribution in [2.45, 2.75) is 19.0 Å². The van der Waals surface area contributed by atoms with Gasteiger partial charge >= 0.3 is 6.18 Å². The van der Waals surface area contributed by atoms with Gasteiger partial charge in [-0.05, 0) is 37.1 Å². The number of morpholine rings is 1. The van der Waals surface area contributed by atoms with Crippen molar-refractivity contribution in [2.24, 2.45) is 0 Å². The van der Waals surface area contributed by atoms with Gasteiger partial charge < -0.3 is 4.74 Å². The van der Waals surface area contributed by atoms with Crippen molar-refractivity contribution in [3.05, 3.63) is 34.3 Å². The Morgan fingerprint density at radius 3 is 2.55 bits per heavy atom. The van der Waals surface area contributed by atoms with E-state index in [4.69, 9.17) is 16.3 Å². The van der Waals surface area contributed by atoms with Crippen molar-refractivity contribution in [2.75, 3.05) is 32.8 Å². The lowest BCUT2D eigenvalue weighted by atomic mass is 10.0. The predicted molar refractivity (Wildman–Crippen MR) is 72.0 cm³/mol. The van der Waals surface area contributed by atoms with E-state index in [1.165, 1.54) is 12.1 Å². The number of halogens is 4. The topological polar surface area (TPSA) is 12.5 Å². The van der Waals surface area contributed by atoms with E-state index < -0.39 is 11.7 Å². The number of hydrogen-bond acceptors (Lipinski definition) is 2. The zero-order valence-corrected chi connectivity index (χ0v) is 11.8. The normalized spacial score (nSPS) is 17.4. The Morgan fingerprint density at radius 1 is 1.20 bits per heavy atom. The first-order valence-electron chi connectivity index (χ1n) is 6.62. The summed E-state index contributed by atoms with van der Waals surface area (Å²) >= 11 is 5.66. The maximum atomic E-state index is 12.9. The molecule has 0 atom stereocenters. The van der Waals surface area contributed by atoms with Crippen molar-refractivity contribution in [3.8, 4) is 0 Å². The first kappa shape index (κ1) is 15.6. The van der Waals surface area contributed by atoms with Gasteiger partial charge in [0.15, 0.2) is 0 Å². The van der Waals surface area contributed by atoms with Crippen LogP contribution in [0.1, 0.15) is 17.5 Å². The lowest BCUT2D eigenvalue weighted by Crippen LogP contribution is -2.37. The Morgan fingerprint density at radius 2 is 1.90 bits per heavy atom. The summed E-state index contributed by atoms with van der Waals surface area (Å²) < 4.78 is 44.0. The van der Waals surface area contributed by atoms with E-state index >= 15 is 0 Å². The molecule has 0 aromatic heterocycles. The number of alkyl halides is 3. The fraction of sp³-hybridized carbons (Fsp3) is 0.571. The van der Waals surface area contributed by atoms with Gasteiger partial charge in [0.25, 0.3) is 0 Å². The molecule has 2 rings (SSSR count). The third-order valence-corrected chi connectivity index (χ3v) is 3.64. The van der Waals surface area contributed by atoms with Gasteiger partial charge in [0.05, 0.1) is 18.8 Å². The molecule has 20 heavy (non-hydrogen) atoms. The molecule has 0 N–H and O–H groups in total. The first-order valence-corrected chi connectivity index (χ1v) is 7.00. The third-order valence-electron chi connectivity index (χ3n) is 3.40. The molecule has 6 heteroatoms. The van der Waals surface area contributed by atoms with E-state index in [2.05, 4.69) is 4.90 Å². The van der Waals surface area contributed by atoms with Gasteiger partial charge in [0, 0.05) is 18.1 Å². The summed E-state index contributed by atoms with van der Waals surface area (Å²) in [5.41, 5.74) is -0.304. The van der Waals surface area contributed by atoms with Gasteiger partial charge in [-0.15, -0.1) is 0 Å². The van der Waals surface area contributed by atoms with Gasteiger partial charge in [-0.25, -0.2) is 0 Å². The Balaban J connectivity index is 1.95. The second-order valence-corrected chi connectivity index (χ2v) is 5.29. The molecule has 112 valence electrons. The van der Waals surface area contributed by atoms with Crippen LogP contribution in [0.15, 0.2) is 18.2 Å². The van der Waals surface area contributed by atoms with E-state index in [1.807, 2.05) is 0 Å². The lowest BCUT2D eigenvalue weighted by molar-refractivity contribution is -0.138. The second kappa shape index (κ2) is 6.78. The van der Waals surface area contributed by atoms with Crippen LogP contribution in [0.5, 0.6) is 0 Å². The smallest absolute Gasteiger partial charge is 0.379 e. The SMILES string of the molecule is FC(F)(F)c1cc(Cl)ccc1CCCN1CCOCC1. The minimum absolute atomic E-state index is 0.120. The second-order valence-electron chi connectivity index (χ2n) is 4.86.